The van der Waals surface area contributed by atoms with Crippen molar-refractivity contribution in [2.45, 2.75) is 25.7 Å². The lowest BCUT2D eigenvalue weighted by Crippen LogP contribution is -2.48. The van der Waals surface area contributed by atoms with Crippen LogP contribution in [-0.2, 0) is 5.60 Å². The molecule has 0 saturated carbocycles. The summed E-state index contributed by atoms with van der Waals surface area (Å²) in [7, 11) is 1.61. The minimum absolute atomic E-state index is 0.630. The number of rotatable bonds is 7. The molecule has 146 valence electrons. The van der Waals surface area contributed by atoms with Gasteiger partial charge in [0, 0.05) is 28.8 Å². The number of aliphatic hydroxyl groups is 2. The zero-order valence-corrected chi connectivity index (χ0v) is 17.6. The molecule has 0 spiro atoms. The fourth-order valence-electron chi connectivity index (χ4n) is 3.79. The van der Waals surface area contributed by atoms with E-state index in [1.54, 1.807) is 31.4 Å². The van der Waals surface area contributed by atoms with Crippen molar-refractivity contribution in [1.29, 1.82) is 0 Å². The third kappa shape index (κ3) is 3.47. The van der Waals surface area contributed by atoms with E-state index in [-0.39, 0.29) is 0 Å². The van der Waals surface area contributed by atoms with Crippen LogP contribution in [0.5, 0.6) is 5.75 Å². The molecule has 27 heavy (non-hydrogen) atoms. The van der Waals surface area contributed by atoms with E-state index >= 15 is 0 Å². The second-order valence-corrected chi connectivity index (χ2v) is 7.58. The molecule has 0 amide bonds. The quantitative estimate of drug-likeness (QED) is 0.700. The van der Waals surface area contributed by atoms with Crippen LogP contribution in [0, 0.1) is 0 Å². The second kappa shape index (κ2) is 8.19. The SMILES string of the molecule is CCN(CC)CCN1c2cccc(Br)c2C(O)(c2ccc(OC)cc2)C1O. The van der Waals surface area contributed by atoms with E-state index < -0.39 is 11.8 Å². The van der Waals surface area contributed by atoms with Crippen LogP contribution < -0.4 is 9.64 Å². The summed E-state index contributed by atoms with van der Waals surface area (Å²) in [5, 5.41) is 22.9. The fraction of sp³-hybridized carbons (Fsp3) is 0.429. The molecule has 0 aliphatic carbocycles. The molecule has 0 radical (unpaired) electrons. The van der Waals surface area contributed by atoms with Crippen molar-refractivity contribution in [3.05, 3.63) is 58.1 Å². The normalized spacial score (nSPS) is 21.6. The van der Waals surface area contributed by atoms with E-state index in [0.29, 0.717) is 23.4 Å². The number of methoxy groups -OCH3 is 1. The number of halogens is 1. The summed E-state index contributed by atoms with van der Waals surface area (Å²) in [4.78, 5) is 4.19. The number of fused-ring (bicyclic) bond motifs is 1. The largest absolute Gasteiger partial charge is 0.497 e. The van der Waals surface area contributed by atoms with E-state index in [9.17, 15) is 10.2 Å². The highest BCUT2D eigenvalue weighted by atomic mass is 79.9. The maximum atomic E-state index is 11.7. The first-order chi connectivity index (χ1) is 13.0. The van der Waals surface area contributed by atoms with Gasteiger partial charge < -0.3 is 24.7 Å². The summed E-state index contributed by atoms with van der Waals surface area (Å²) in [6, 6.07) is 13.0. The first-order valence-electron chi connectivity index (χ1n) is 9.30. The van der Waals surface area contributed by atoms with Crippen molar-refractivity contribution < 1.29 is 14.9 Å². The van der Waals surface area contributed by atoms with Crippen molar-refractivity contribution in [3.8, 4) is 5.75 Å². The van der Waals surface area contributed by atoms with Gasteiger partial charge in [-0.1, -0.05) is 48.0 Å². The van der Waals surface area contributed by atoms with Gasteiger partial charge in [0.2, 0.25) is 0 Å². The molecule has 2 atom stereocenters. The molecule has 2 aromatic carbocycles. The smallest absolute Gasteiger partial charge is 0.164 e. The lowest BCUT2D eigenvalue weighted by molar-refractivity contribution is -0.0392. The molecule has 6 heteroatoms. The maximum Gasteiger partial charge on any atom is 0.164 e. The Morgan fingerprint density at radius 3 is 2.41 bits per heavy atom. The van der Waals surface area contributed by atoms with Crippen molar-refractivity contribution >= 4 is 21.6 Å². The Balaban J connectivity index is 2.02. The van der Waals surface area contributed by atoms with E-state index in [4.69, 9.17) is 4.74 Å². The monoisotopic (exact) mass is 434 g/mol. The number of nitrogens with zero attached hydrogens (tertiary/aromatic N) is 2. The van der Waals surface area contributed by atoms with Crippen LogP contribution in [0.4, 0.5) is 5.69 Å². The van der Waals surface area contributed by atoms with Gasteiger partial charge in [0.05, 0.1) is 7.11 Å². The number of hydrogen-bond acceptors (Lipinski definition) is 5. The van der Waals surface area contributed by atoms with Gasteiger partial charge in [0.1, 0.15) is 5.75 Å². The van der Waals surface area contributed by atoms with Crippen LogP contribution >= 0.6 is 15.9 Å². The Morgan fingerprint density at radius 2 is 1.81 bits per heavy atom. The lowest BCUT2D eigenvalue weighted by atomic mass is 9.87. The van der Waals surface area contributed by atoms with Crippen LogP contribution in [0.2, 0.25) is 0 Å². The van der Waals surface area contributed by atoms with Gasteiger partial charge in [-0.2, -0.15) is 0 Å². The Morgan fingerprint density at radius 1 is 1.15 bits per heavy atom. The van der Waals surface area contributed by atoms with E-state index in [1.165, 1.54) is 0 Å². The van der Waals surface area contributed by atoms with Gasteiger partial charge in [-0.25, -0.2) is 0 Å². The minimum atomic E-state index is -1.52. The molecule has 0 saturated heterocycles. The molecule has 5 nitrogen and oxygen atoms in total. The molecule has 2 unspecified atom stereocenters. The van der Waals surface area contributed by atoms with E-state index in [1.807, 2.05) is 23.1 Å². The zero-order chi connectivity index (χ0) is 19.6. The minimum Gasteiger partial charge on any atom is -0.497 e. The highest BCUT2D eigenvalue weighted by molar-refractivity contribution is 9.10. The molecule has 2 N–H and O–H groups in total. The predicted molar refractivity (Wildman–Crippen MR) is 111 cm³/mol. The number of likely N-dealkylation sites (N-methyl/N-ethyl adjacent to an activating group) is 1. The van der Waals surface area contributed by atoms with Crippen molar-refractivity contribution in [1.82, 2.24) is 4.90 Å². The molecular weight excluding hydrogens is 408 g/mol. The van der Waals surface area contributed by atoms with Crippen molar-refractivity contribution in [2.24, 2.45) is 0 Å². The highest BCUT2D eigenvalue weighted by Crippen LogP contribution is 2.50. The van der Waals surface area contributed by atoms with Crippen LogP contribution in [0.25, 0.3) is 0 Å². The third-order valence-corrected chi connectivity index (χ3v) is 6.09. The molecule has 0 bridgehead atoms. The highest BCUT2D eigenvalue weighted by Gasteiger charge is 2.51. The Kier molecular flexibility index (Phi) is 6.11. The first kappa shape index (κ1) is 20.1. The van der Waals surface area contributed by atoms with Crippen LogP contribution in [0.3, 0.4) is 0 Å². The first-order valence-corrected chi connectivity index (χ1v) is 10.1. The average Bonchev–Trinajstić information content (AvgIpc) is 2.92. The van der Waals surface area contributed by atoms with Crippen LogP contribution in [0.15, 0.2) is 46.9 Å². The van der Waals surface area contributed by atoms with Gasteiger partial charge in [-0.3, -0.25) is 0 Å². The second-order valence-electron chi connectivity index (χ2n) is 6.72. The standard InChI is InChI=1S/C21H27BrN2O3/c1-4-23(5-2)13-14-24-18-8-6-7-17(22)19(18)21(26,20(24)25)15-9-11-16(27-3)12-10-15/h6-12,20,25-26H,4-5,13-14H2,1-3H3. The molecule has 0 aromatic heterocycles. The predicted octanol–water partition coefficient (Wildman–Crippen LogP) is 3.17. The summed E-state index contributed by atoms with van der Waals surface area (Å²) in [5.41, 5.74) is 0.657. The van der Waals surface area contributed by atoms with Crippen LogP contribution in [-0.4, -0.2) is 54.6 Å². The maximum absolute atomic E-state index is 11.7. The lowest BCUT2D eigenvalue weighted by Gasteiger charge is -2.33. The average molecular weight is 435 g/mol. The molecular formula is C21H27BrN2O3. The molecule has 0 fully saturated rings. The summed E-state index contributed by atoms with van der Waals surface area (Å²) in [6.07, 6.45) is -1.07. The summed E-state index contributed by atoms with van der Waals surface area (Å²) in [5.74, 6) is 0.709. The summed E-state index contributed by atoms with van der Waals surface area (Å²) in [6.45, 7) is 7.60. The fourth-order valence-corrected chi connectivity index (χ4v) is 4.44. The third-order valence-electron chi connectivity index (χ3n) is 5.43. The van der Waals surface area contributed by atoms with Gasteiger partial charge in [0.25, 0.3) is 0 Å². The van der Waals surface area contributed by atoms with E-state index in [2.05, 4.69) is 34.7 Å². The van der Waals surface area contributed by atoms with Gasteiger partial charge >= 0.3 is 0 Å². The van der Waals surface area contributed by atoms with Crippen molar-refractivity contribution in [3.63, 3.8) is 0 Å². The number of ether oxygens (including phenoxy) is 1. The van der Waals surface area contributed by atoms with E-state index in [0.717, 1.165) is 29.8 Å². The van der Waals surface area contributed by atoms with Crippen molar-refractivity contribution in [2.75, 3.05) is 38.2 Å². The molecule has 3 rings (SSSR count). The Bertz CT molecular complexity index is 779. The molecule has 1 aliphatic rings. The number of anilines is 1. The topological polar surface area (TPSA) is 56.2 Å². The molecule has 2 aromatic rings. The Labute approximate surface area is 169 Å². The number of aliphatic hydroxyl groups excluding tert-OH is 1. The van der Waals surface area contributed by atoms with Gasteiger partial charge in [-0.15, -0.1) is 0 Å². The van der Waals surface area contributed by atoms with Crippen LogP contribution in [0.1, 0.15) is 25.0 Å². The summed E-state index contributed by atoms with van der Waals surface area (Å²) >= 11 is 3.58. The van der Waals surface area contributed by atoms with Gasteiger partial charge in [0.15, 0.2) is 11.8 Å². The molecule has 1 aliphatic heterocycles. The zero-order valence-electron chi connectivity index (χ0n) is 16.0. The summed E-state index contributed by atoms with van der Waals surface area (Å²) < 4.78 is 6.01. The number of benzene rings is 2. The molecule has 1 heterocycles. The van der Waals surface area contributed by atoms with Gasteiger partial charge in [-0.05, 0) is 42.9 Å². The number of hydrogen-bond donors (Lipinski definition) is 2. The Hall–Kier alpha value is -1.60.